The first-order valence-corrected chi connectivity index (χ1v) is 2.67. The fourth-order valence-electron chi connectivity index (χ4n) is 0.513. The molecule has 0 unspecified atom stereocenters. The zero-order valence-electron chi connectivity index (χ0n) is 4.97. The van der Waals surface area contributed by atoms with Crippen molar-refractivity contribution < 1.29 is 17.1 Å². The Morgan fingerprint density at radius 3 is 0.556 bits per heavy atom. The first-order chi connectivity index (χ1) is 4.00. The van der Waals surface area contributed by atoms with E-state index in [-0.39, 0.29) is 17.1 Å². The molecular weight excluding hydrogens is 152 g/mol. The van der Waals surface area contributed by atoms with Crippen molar-refractivity contribution in [3.63, 3.8) is 0 Å². The summed E-state index contributed by atoms with van der Waals surface area (Å²) in [5.74, 6) is 0. The van der Waals surface area contributed by atoms with E-state index in [9.17, 15) is 0 Å². The summed E-state index contributed by atoms with van der Waals surface area (Å²) in [6.45, 7) is 0. The average Bonchev–Trinajstić information content (AvgIpc) is 1.62. The molecule has 0 atom stereocenters. The van der Waals surface area contributed by atoms with Gasteiger partial charge >= 0.3 is 0 Å². The minimum absolute atomic E-state index is 0. The van der Waals surface area contributed by atoms with Gasteiger partial charge in [-0.25, -0.2) is 0 Å². The van der Waals surface area contributed by atoms with Gasteiger partial charge in [0, 0.05) is 17.1 Å². The van der Waals surface area contributed by atoms with E-state index in [2.05, 4.69) is 0 Å². The molecule has 48 valence electrons. The van der Waals surface area contributed by atoms with Gasteiger partial charge in [0.2, 0.25) is 0 Å². The summed E-state index contributed by atoms with van der Waals surface area (Å²) in [4.78, 5) is 0. The van der Waals surface area contributed by atoms with Crippen LogP contribution in [0.4, 0.5) is 0 Å². The van der Waals surface area contributed by atoms with Gasteiger partial charge < -0.3 is 0 Å². The fourth-order valence-corrected chi connectivity index (χ4v) is 0.513. The summed E-state index contributed by atoms with van der Waals surface area (Å²) in [6, 6.07) is 0. The van der Waals surface area contributed by atoms with E-state index >= 15 is 0 Å². The van der Waals surface area contributed by atoms with Gasteiger partial charge in [0.15, 0.2) is 0 Å². The third kappa shape index (κ3) is 4.01. The molecule has 0 radical (unpaired) electrons. The SMILES string of the molecule is C1=C\C=C/C=C\C=C/1.[Fe]. The van der Waals surface area contributed by atoms with Crippen molar-refractivity contribution in [3.8, 4) is 0 Å². The summed E-state index contributed by atoms with van der Waals surface area (Å²) < 4.78 is 0. The number of rotatable bonds is 0. The maximum absolute atomic E-state index is 2.00. The monoisotopic (exact) mass is 160 g/mol. The van der Waals surface area contributed by atoms with Crippen LogP contribution in [0.1, 0.15) is 0 Å². The maximum atomic E-state index is 2.00. The van der Waals surface area contributed by atoms with Gasteiger partial charge in [-0.15, -0.1) is 0 Å². The third-order valence-electron chi connectivity index (χ3n) is 0.889. The average molecular weight is 160 g/mol. The van der Waals surface area contributed by atoms with E-state index in [1.807, 2.05) is 48.6 Å². The van der Waals surface area contributed by atoms with Crippen molar-refractivity contribution >= 4 is 0 Å². The molecule has 0 saturated carbocycles. The minimum Gasteiger partial charge on any atom is -0.0623 e. The van der Waals surface area contributed by atoms with Crippen LogP contribution in [0.15, 0.2) is 48.6 Å². The molecule has 9 heavy (non-hydrogen) atoms. The Balaban J connectivity index is 0.000000640. The van der Waals surface area contributed by atoms with Crippen molar-refractivity contribution in [2.24, 2.45) is 0 Å². The van der Waals surface area contributed by atoms with Gasteiger partial charge in [-0.05, 0) is 0 Å². The molecule has 0 aromatic rings. The van der Waals surface area contributed by atoms with Crippen LogP contribution in [0.3, 0.4) is 0 Å². The van der Waals surface area contributed by atoms with Crippen molar-refractivity contribution in [2.75, 3.05) is 0 Å². The zero-order chi connectivity index (χ0) is 5.66. The predicted molar refractivity (Wildman–Crippen MR) is 36.6 cm³/mol. The molecule has 0 aromatic carbocycles. The molecule has 0 bridgehead atoms. The molecule has 1 rings (SSSR count). The Labute approximate surface area is 66.1 Å². The van der Waals surface area contributed by atoms with E-state index in [4.69, 9.17) is 0 Å². The van der Waals surface area contributed by atoms with Crippen LogP contribution >= 0.6 is 0 Å². The maximum Gasteiger partial charge on any atom is 0 e. The fraction of sp³-hybridized carbons (Fsp3) is 0. The molecule has 0 nitrogen and oxygen atoms in total. The standard InChI is InChI=1S/C8H8.Fe/c1-2-4-6-8-7-5-3-1;/h1-8H;/b2-1-,3-1?,4-2?,5-3-,6-4-,7-5?,8-6?,8-7-;. The van der Waals surface area contributed by atoms with Crippen LogP contribution in [0.5, 0.6) is 0 Å². The molecule has 0 saturated heterocycles. The molecule has 1 aliphatic rings. The van der Waals surface area contributed by atoms with Gasteiger partial charge in [-0.3, -0.25) is 0 Å². The van der Waals surface area contributed by atoms with Gasteiger partial charge in [0.1, 0.15) is 0 Å². The Morgan fingerprint density at radius 1 is 0.333 bits per heavy atom. The van der Waals surface area contributed by atoms with E-state index in [0.717, 1.165) is 0 Å². The van der Waals surface area contributed by atoms with E-state index in [1.165, 1.54) is 0 Å². The van der Waals surface area contributed by atoms with Crippen molar-refractivity contribution in [3.05, 3.63) is 48.6 Å². The summed E-state index contributed by atoms with van der Waals surface area (Å²) >= 11 is 0. The molecule has 0 amide bonds. The smallest absolute Gasteiger partial charge is 0 e. The Bertz CT molecular complexity index is 105. The minimum atomic E-state index is 0. The number of hydrogen-bond donors (Lipinski definition) is 0. The molecular formula is C8H8Fe. The van der Waals surface area contributed by atoms with Gasteiger partial charge in [0.05, 0.1) is 0 Å². The van der Waals surface area contributed by atoms with E-state index in [1.54, 1.807) is 0 Å². The second kappa shape index (κ2) is 5.61. The molecule has 0 spiro atoms. The summed E-state index contributed by atoms with van der Waals surface area (Å²) in [6.07, 6.45) is 16.0. The molecule has 0 fully saturated rings. The van der Waals surface area contributed by atoms with Crippen molar-refractivity contribution in [1.29, 1.82) is 0 Å². The van der Waals surface area contributed by atoms with Gasteiger partial charge in [-0.2, -0.15) is 0 Å². The van der Waals surface area contributed by atoms with Crippen molar-refractivity contribution in [1.82, 2.24) is 0 Å². The topological polar surface area (TPSA) is 0 Å². The van der Waals surface area contributed by atoms with Crippen molar-refractivity contribution in [2.45, 2.75) is 0 Å². The zero-order valence-corrected chi connectivity index (χ0v) is 6.08. The summed E-state index contributed by atoms with van der Waals surface area (Å²) in [5.41, 5.74) is 0. The van der Waals surface area contributed by atoms with Crippen LogP contribution in [-0.2, 0) is 17.1 Å². The number of allylic oxidation sites excluding steroid dienone is 8. The Kier molecular flexibility index (Phi) is 5.29. The Morgan fingerprint density at radius 2 is 0.444 bits per heavy atom. The van der Waals surface area contributed by atoms with Gasteiger partial charge in [0.25, 0.3) is 0 Å². The summed E-state index contributed by atoms with van der Waals surface area (Å²) in [5, 5.41) is 0. The molecule has 1 aliphatic carbocycles. The number of hydrogen-bond acceptors (Lipinski definition) is 0. The van der Waals surface area contributed by atoms with Crippen LogP contribution < -0.4 is 0 Å². The molecule has 0 aromatic heterocycles. The quantitative estimate of drug-likeness (QED) is 0.476. The predicted octanol–water partition coefficient (Wildman–Crippen LogP) is 2.22. The normalized spacial score (nSPS) is 28.4. The van der Waals surface area contributed by atoms with Crippen LogP contribution in [-0.4, -0.2) is 0 Å². The van der Waals surface area contributed by atoms with E-state index in [0.29, 0.717) is 0 Å². The third-order valence-corrected chi connectivity index (χ3v) is 0.889. The molecule has 1 heteroatoms. The first kappa shape index (κ1) is 8.48. The van der Waals surface area contributed by atoms with Crippen LogP contribution in [0.25, 0.3) is 0 Å². The second-order valence-electron chi connectivity index (χ2n) is 1.54. The van der Waals surface area contributed by atoms with Crippen LogP contribution in [0, 0.1) is 0 Å². The molecule has 0 heterocycles. The molecule has 0 N–H and O–H groups in total. The van der Waals surface area contributed by atoms with E-state index < -0.39 is 0 Å². The van der Waals surface area contributed by atoms with Gasteiger partial charge in [-0.1, -0.05) is 48.6 Å². The Hall–Kier alpha value is -0.521. The largest absolute Gasteiger partial charge is 0.0623 e. The van der Waals surface area contributed by atoms with Crippen LogP contribution in [0.2, 0.25) is 0 Å². The second-order valence-corrected chi connectivity index (χ2v) is 1.54. The first-order valence-electron chi connectivity index (χ1n) is 2.67. The molecule has 0 aliphatic heterocycles. The summed E-state index contributed by atoms with van der Waals surface area (Å²) in [7, 11) is 0.